The predicted molar refractivity (Wildman–Crippen MR) is 112 cm³/mol. The maximum Gasteiger partial charge on any atom is 0.157 e. The first-order chi connectivity index (χ1) is 13.8. The molecule has 1 aliphatic carbocycles. The van der Waals surface area contributed by atoms with Crippen LogP contribution in [0.15, 0.2) is 48.5 Å². The number of nitriles is 1. The van der Waals surface area contributed by atoms with Gasteiger partial charge < -0.3 is 5.32 Å². The number of imidazole rings is 1. The molecule has 2 aromatic carbocycles. The Hall–Kier alpha value is -3.76. The number of para-hydroxylation sites is 2. The van der Waals surface area contributed by atoms with Crippen molar-refractivity contribution in [1.82, 2.24) is 9.38 Å². The molecule has 2 heterocycles. The molecule has 0 fully saturated rings. The SMILES string of the molecule is C#Cc1ccc(Nc2c3c(c(C#N)c4nc5ccccc5n24)CCCC3)cc1. The number of terminal acetylenes is 1. The summed E-state index contributed by atoms with van der Waals surface area (Å²) in [6.45, 7) is 0. The van der Waals surface area contributed by atoms with Crippen LogP contribution in [-0.4, -0.2) is 9.38 Å². The third-order valence-electron chi connectivity index (χ3n) is 5.49. The summed E-state index contributed by atoms with van der Waals surface area (Å²) in [6, 6.07) is 18.3. The van der Waals surface area contributed by atoms with E-state index < -0.39 is 0 Å². The highest BCUT2D eigenvalue weighted by Gasteiger charge is 2.24. The van der Waals surface area contributed by atoms with Crippen molar-refractivity contribution < 1.29 is 0 Å². The Kier molecular flexibility index (Phi) is 3.78. The Morgan fingerprint density at radius 1 is 1.00 bits per heavy atom. The lowest BCUT2D eigenvalue weighted by Gasteiger charge is -2.23. The summed E-state index contributed by atoms with van der Waals surface area (Å²) in [6.07, 6.45) is 9.59. The van der Waals surface area contributed by atoms with Gasteiger partial charge in [0.15, 0.2) is 5.65 Å². The summed E-state index contributed by atoms with van der Waals surface area (Å²) in [5.74, 6) is 3.66. The Bertz CT molecular complexity index is 1300. The molecule has 0 amide bonds. The van der Waals surface area contributed by atoms with Crippen molar-refractivity contribution in [2.24, 2.45) is 0 Å². The molecule has 0 aliphatic heterocycles. The third kappa shape index (κ3) is 2.43. The molecule has 2 aromatic heterocycles. The molecule has 1 aliphatic rings. The van der Waals surface area contributed by atoms with Gasteiger partial charge in [0.1, 0.15) is 11.9 Å². The zero-order chi connectivity index (χ0) is 19.1. The van der Waals surface area contributed by atoms with Gasteiger partial charge in [0, 0.05) is 11.3 Å². The topological polar surface area (TPSA) is 53.1 Å². The Morgan fingerprint density at radius 2 is 1.75 bits per heavy atom. The van der Waals surface area contributed by atoms with E-state index in [9.17, 15) is 5.26 Å². The molecule has 0 unspecified atom stereocenters. The average molecular weight is 362 g/mol. The zero-order valence-electron chi connectivity index (χ0n) is 15.4. The van der Waals surface area contributed by atoms with Gasteiger partial charge in [-0.2, -0.15) is 5.26 Å². The molecule has 4 nitrogen and oxygen atoms in total. The molecule has 0 saturated carbocycles. The normalized spacial score (nSPS) is 13.1. The molecular weight excluding hydrogens is 344 g/mol. The number of benzene rings is 2. The molecule has 28 heavy (non-hydrogen) atoms. The van der Waals surface area contributed by atoms with Crippen molar-refractivity contribution in [3.63, 3.8) is 0 Å². The quantitative estimate of drug-likeness (QED) is 0.513. The second-order valence-electron chi connectivity index (χ2n) is 7.11. The van der Waals surface area contributed by atoms with Gasteiger partial charge in [-0.1, -0.05) is 18.1 Å². The molecule has 0 bridgehead atoms. The maximum atomic E-state index is 9.91. The zero-order valence-corrected chi connectivity index (χ0v) is 15.4. The monoisotopic (exact) mass is 362 g/mol. The lowest BCUT2D eigenvalue weighted by atomic mass is 9.89. The van der Waals surface area contributed by atoms with Crippen LogP contribution in [0.25, 0.3) is 16.7 Å². The van der Waals surface area contributed by atoms with E-state index in [4.69, 9.17) is 11.4 Å². The van der Waals surface area contributed by atoms with Crippen molar-refractivity contribution in [1.29, 1.82) is 5.26 Å². The van der Waals surface area contributed by atoms with Crippen LogP contribution in [0.4, 0.5) is 11.5 Å². The highest BCUT2D eigenvalue weighted by Crippen LogP contribution is 2.36. The van der Waals surface area contributed by atoms with E-state index in [1.165, 1.54) is 5.56 Å². The van der Waals surface area contributed by atoms with Crippen LogP contribution < -0.4 is 5.32 Å². The largest absolute Gasteiger partial charge is 0.341 e. The molecular formula is C24H18N4. The fourth-order valence-electron chi connectivity index (χ4n) is 4.17. The van der Waals surface area contributed by atoms with Gasteiger partial charge in [-0.3, -0.25) is 4.40 Å². The molecule has 1 N–H and O–H groups in total. The van der Waals surface area contributed by atoms with Gasteiger partial charge in [-0.05, 0) is 73.2 Å². The number of hydrogen-bond acceptors (Lipinski definition) is 3. The minimum Gasteiger partial charge on any atom is -0.341 e. The van der Waals surface area contributed by atoms with Crippen LogP contribution in [0.3, 0.4) is 0 Å². The summed E-state index contributed by atoms with van der Waals surface area (Å²) >= 11 is 0. The second kappa shape index (κ2) is 6.44. The summed E-state index contributed by atoms with van der Waals surface area (Å²) in [7, 11) is 0. The van der Waals surface area contributed by atoms with E-state index in [-0.39, 0.29) is 0 Å². The lowest BCUT2D eigenvalue weighted by molar-refractivity contribution is 0.682. The first kappa shape index (κ1) is 16.4. The smallest absolute Gasteiger partial charge is 0.157 e. The number of nitrogens with zero attached hydrogens (tertiary/aromatic N) is 3. The molecule has 0 spiro atoms. The number of nitrogens with one attached hydrogen (secondary N) is 1. The Balaban J connectivity index is 1.83. The molecule has 4 heteroatoms. The minimum atomic E-state index is 0.708. The van der Waals surface area contributed by atoms with E-state index in [1.807, 2.05) is 42.5 Å². The lowest BCUT2D eigenvalue weighted by Crippen LogP contribution is -2.13. The molecule has 0 saturated heterocycles. The summed E-state index contributed by atoms with van der Waals surface area (Å²) in [5.41, 5.74) is 7.52. The van der Waals surface area contributed by atoms with E-state index >= 15 is 0 Å². The van der Waals surface area contributed by atoms with E-state index in [0.717, 1.165) is 65.0 Å². The molecule has 0 atom stereocenters. The number of aromatic nitrogens is 2. The highest BCUT2D eigenvalue weighted by atomic mass is 15.1. The van der Waals surface area contributed by atoms with Crippen LogP contribution in [0.2, 0.25) is 0 Å². The predicted octanol–water partition coefficient (Wildman–Crippen LogP) is 4.96. The highest BCUT2D eigenvalue weighted by molar-refractivity contribution is 5.87. The van der Waals surface area contributed by atoms with Crippen LogP contribution in [0, 0.1) is 23.7 Å². The molecule has 4 aromatic rings. The fourth-order valence-corrected chi connectivity index (χ4v) is 4.17. The summed E-state index contributed by atoms with van der Waals surface area (Å²) < 4.78 is 2.10. The molecule has 5 rings (SSSR count). The van der Waals surface area contributed by atoms with Gasteiger partial charge in [-0.15, -0.1) is 6.42 Å². The molecule has 134 valence electrons. The summed E-state index contributed by atoms with van der Waals surface area (Å²) in [4.78, 5) is 4.80. The average Bonchev–Trinajstić information content (AvgIpc) is 3.13. The van der Waals surface area contributed by atoms with E-state index in [1.54, 1.807) is 0 Å². The van der Waals surface area contributed by atoms with Gasteiger partial charge in [0.25, 0.3) is 0 Å². The van der Waals surface area contributed by atoms with Crippen molar-refractivity contribution in [2.75, 3.05) is 5.32 Å². The van der Waals surface area contributed by atoms with Gasteiger partial charge in [0.05, 0.1) is 16.6 Å². The van der Waals surface area contributed by atoms with Crippen LogP contribution >= 0.6 is 0 Å². The standard InChI is InChI=1S/C24H18N4/c1-2-16-11-13-17(14-12-16)26-23-19-8-4-3-7-18(19)20(15-25)24-27-21-9-5-6-10-22(21)28(23)24/h1,5-6,9-14,26H,3-4,7-8H2. The second-order valence-corrected chi connectivity index (χ2v) is 7.11. The number of fused-ring (bicyclic) bond motifs is 4. The van der Waals surface area contributed by atoms with Crippen LogP contribution in [0.1, 0.15) is 35.1 Å². The fraction of sp³-hybridized carbons (Fsp3) is 0.167. The van der Waals surface area contributed by atoms with Crippen LogP contribution in [0.5, 0.6) is 0 Å². The number of anilines is 2. The van der Waals surface area contributed by atoms with Crippen LogP contribution in [-0.2, 0) is 12.8 Å². The maximum absolute atomic E-state index is 9.91. The first-order valence-corrected chi connectivity index (χ1v) is 9.49. The molecule has 0 radical (unpaired) electrons. The summed E-state index contributed by atoms with van der Waals surface area (Å²) in [5, 5.41) is 13.5. The third-order valence-corrected chi connectivity index (χ3v) is 5.49. The van der Waals surface area contributed by atoms with E-state index in [0.29, 0.717) is 5.56 Å². The first-order valence-electron chi connectivity index (χ1n) is 9.49. The van der Waals surface area contributed by atoms with Crippen molar-refractivity contribution in [2.45, 2.75) is 25.7 Å². The van der Waals surface area contributed by atoms with Gasteiger partial charge in [0.2, 0.25) is 0 Å². The Morgan fingerprint density at radius 3 is 2.50 bits per heavy atom. The number of pyridine rings is 1. The van der Waals surface area contributed by atoms with Gasteiger partial charge in [-0.25, -0.2) is 4.98 Å². The Labute approximate surface area is 163 Å². The van der Waals surface area contributed by atoms with E-state index in [2.05, 4.69) is 27.8 Å². The van der Waals surface area contributed by atoms with Crippen molar-refractivity contribution in [3.05, 3.63) is 70.8 Å². The number of hydrogen-bond donors (Lipinski definition) is 1. The van der Waals surface area contributed by atoms with Crippen molar-refractivity contribution >= 4 is 28.2 Å². The van der Waals surface area contributed by atoms with Gasteiger partial charge >= 0.3 is 0 Å². The number of rotatable bonds is 2. The van der Waals surface area contributed by atoms with Crippen molar-refractivity contribution in [3.8, 4) is 18.4 Å². The minimum absolute atomic E-state index is 0.708.